The second-order valence-electron chi connectivity index (χ2n) is 7.32. The molecule has 4 aromatic rings. The van der Waals surface area contributed by atoms with Crippen LogP contribution in [0.3, 0.4) is 0 Å². The number of hydrogen-bond acceptors (Lipinski definition) is 6. The molecule has 30 heavy (non-hydrogen) atoms. The summed E-state index contributed by atoms with van der Waals surface area (Å²) in [5.74, 6) is 0.663. The Morgan fingerprint density at radius 1 is 1.23 bits per heavy atom. The molecule has 0 aliphatic carbocycles. The zero-order chi connectivity index (χ0) is 20.7. The zero-order valence-corrected chi connectivity index (χ0v) is 17.5. The number of thiophene rings is 1. The fraction of sp³-hybridized carbons (Fsp3) is 0.217. The summed E-state index contributed by atoms with van der Waals surface area (Å²) >= 11 is 1.42. The van der Waals surface area contributed by atoms with Crippen molar-refractivity contribution < 1.29 is 13.9 Å². The lowest BCUT2D eigenvalue weighted by Gasteiger charge is -2.35. The highest BCUT2D eigenvalue weighted by Crippen LogP contribution is 2.44. The first-order valence-corrected chi connectivity index (χ1v) is 10.5. The molecule has 1 aliphatic rings. The van der Waals surface area contributed by atoms with Crippen LogP contribution in [0.1, 0.15) is 38.4 Å². The molecule has 0 saturated carbocycles. The number of ether oxygens (including phenoxy) is 1. The van der Waals surface area contributed by atoms with Crippen molar-refractivity contribution in [2.24, 2.45) is 0 Å². The molecule has 0 spiro atoms. The van der Waals surface area contributed by atoms with E-state index in [1.807, 2.05) is 60.4 Å². The molecule has 1 aliphatic heterocycles. The highest BCUT2D eigenvalue weighted by Gasteiger charge is 2.37. The number of pyridine rings is 1. The maximum Gasteiger partial charge on any atom is 0.268 e. The topological polar surface area (TPSA) is 67.6 Å². The van der Waals surface area contributed by atoms with Crippen LogP contribution in [0.15, 0.2) is 59.2 Å². The third-order valence-corrected chi connectivity index (χ3v) is 6.30. The SMILES string of the molecule is COCc1cc(C)nc2sc3c(c12)N[C@@H](c1ccco1)N(Cc1ccccc1)C3=O. The Kier molecular flexibility index (Phi) is 4.77. The molecule has 6 nitrogen and oxygen atoms in total. The Bertz CT molecular complexity index is 1200. The van der Waals surface area contributed by atoms with E-state index in [4.69, 9.17) is 9.15 Å². The molecule has 1 atom stereocenters. The summed E-state index contributed by atoms with van der Waals surface area (Å²) in [6.07, 6.45) is 1.22. The van der Waals surface area contributed by atoms with Gasteiger partial charge < -0.3 is 19.4 Å². The van der Waals surface area contributed by atoms with Crippen LogP contribution in [0.2, 0.25) is 0 Å². The van der Waals surface area contributed by atoms with E-state index in [2.05, 4.69) is 10.3 Å². The number of hydrogen-bond donors (Lipinski definition) is 1. The number of aryl methyl sites for hydroxylation is 1. The number of aromatic nitrogens is 1. The van der Waals surface area contributed by atoms with Gasteiger partial charge in [0.25, 0.3) is 5.91 Å². The Morgan fingerprint density at radius 3 is 2.80 bits per heavy atom. The Labute approximate surface area is 178 Å². The van der Waals surface area contributed by atoms with Crippen LogP contribution in [-0.4, -0.2) is 22.9 Å². The number of benzene rings is 1. The smallest absolute Gasteiger partial charge is 0.268 e. The van der Waals surface area contributed by atoms with Crippen molar-refractivity contribution in [1.82, 2.24) is 9.88 Å². The summed E-state index contributed by atoms with van der Waals surface area (Å²) < 4.78 is 11.1. The van der Waals surface area contributed by atoms with Crippen LogP contribution in [0, 0.1) is 6.92 Å². The molecule has 0 bridgehead atoms. The van der Waals surface area contributed by atoms with Gasteiger partial charge in [-0.3, -0.25) is 4.79 Å². The quantitative estimate of drug-likeness (QED) is 0.487. The Balaban J connectivity index is 1.66. The second-order valence-corrected chi connectivity index (χ2v) is 8.32. The van der Waals surface area contributed by atoms with Gasteiger partial charge in [0, 0.05) is 24.7 Å². The molecule has 4 heterocycles. The summed E-state index contributed by atoms with van der Waals surface area (Å²) in [5, 5.41) is 4.52. The van der Waals surface area contributed by atoms with Crippen molar-refractivity contribution in [3.05, 3.63) is 82.3 Å². The van der Waals surface area contributed by atoms with Crippen molar-refractivity contribution in [2.75, 3.05) is 12.4 Å². The minimum atomic E-state index is -0.408. The normalized spacial score (nSPS) is 16.0. The Hall–Kier alpha value is -3.16. The second kappa shape index (κ2) is 7.59. The molecule has 1 amide bonds. The fourth-order valence-electron chi connectivity index (χ4n) is 3.95. The van der Waals surface area contributed by atoms with Gasteiger partial charge in [-0.2, -0.15) is 0 Å². The summed E-state index contributed by atoms with van der Waals surface area (Å²) in [4.78, 5) is 21.7. The number of rotatable bonds is 5. The molecular formula is C23H21N3O3S. The predicted molar refractivity (Wildman–Crippen MR) is 116 cm³/mol. The number of nitrogens with zero attached hydrogens (tertiary/aromatic N) is 2. The van der Waals surface area contributed by atoms with Crippen molar-refractivity contribution in [2.45, 2.75) is 26.2 Å². The number of carbonyl (C=O) groups is 1. The van der Waals surface area contributed by atoms with Gasteiger partial charge in [0.15, 0.2) is 6.17 Å². The van der Waals surface area contributed by atoms with E-state index in [1.54, 1.807) is 13.4 Å². The number of methoxy groups -OCH3 is 1. The van der Waals surface area contributed by atoms with E-state index in [0.717, 1.165) is 32.7 Å². The van der Waals surface area contributed by atoms with Gasteiger partial charge in [0.1, 0.15) is 15.5 Å². The summed E-state index contributed by atoms with van der Waals surface area (Å²) in [5.41, 5.74) is 3.80. The minimum absolute atomic E-state index is 0.0296. The van der Waals surface area contributed by atoms with Crippen LogP contribution in [0.5, 0.6) is 0 Å². The van der Waals surface area contributed by atoms with Gasteiger partial charge in [0.2, 0.25) is 0 Å². The monoisotopic (exact) mass is 419 g/mol. The van der Waals surface area contributed by atoms with E-state index in [-0.39, 0.29) is 5.91 Å². The van der Waals surface area contributed by atoms with E-state index < -0.39 is 6.17 Å². The molecule has 5 rings (SSSR count). The Morgan fingerprint density at radius 2 is 2.07 bits per heavy atom. The van der Waals surface area contributed by atoms with Crippen molar-refractivity contribution >= 4 is 33.1 Å². The molecule has 7 heteroatoms. The molecule has 0 fully saturated rings. The third-order valence-electron chi connectivity index (χ3n) is 5.23. The number of carbonyl (C=O) groups excluding carboxylic acids is 1. The summed E-state index contributed by atoms with van der Waals surface area (Å²) in [6, 6.07) is 15.7. The van der Waals surface area contributed by atoms with E-state index in [0.29, 0.717) is 23.8 Å². The fourth-order valence-corrected chi connectivity index (χ4v) is 5.13. The maximum absolute atomic E-state index is 13.6. The van der Waals surface area contributed by atoms with Crippen LogP contribution in [0.4, 0.5) is 5.69 Å². The lowest BCUT2D eigenvalue weighted by molar-refractivity contribution is 0.0651. The highest BCUT2D eigenvalue weighted by atomic mass is 32.1. The van der Waals surface area contributed by atoms with Crippen LogP contribution >= 0.6 is 11.3 Å². The van der Waals surface area contributed by atoms with Gasteiger partial charge in [-0.15, -0.1) is 11.3 Å². The van der Waals surface area contributed by atoms with E-state index in [9.17, 15) is 4.79 Å². The lowest BCUT2D eigenvalue weighted by Crippen LogP contribution is -2.41. The van der Waals surface area contributed by atoms with Crippen molar-refractivity contribution in [3.63, 3.8) is 0 Å². The average Bonchev–Trinajstić information content (AvgIpc) is 3.39. The first kappa shape index (κ1) is 18.8. The predicted octanol–water partition coefficient (Wildman–Crippen LogP) is 5.11. The molecule has 0 radical (unpaired) electrons. The van der Waals surface area contributed by atoms with E-state index in [1.165, 1.54) is 11.3 Å². The molecule has 0 unspecified atom stereocenters. The van der Waals surface area contributed by atoms with Gasteiger partial charge in [0.05, 0.1) is 18.6 Å². The average molecular weight is 420 g/mol. The molecule has 0 saturated heterocycles. The molecular weight excluding hydrogens is 398 g/mol. The van der Waals surface area contributed by atoms with Crippen LogP contribution in [-0.2, 0) is 17.9 Å². The largest absolute Gasteiger partial charge is 0.465 e. The first-order chi connectivity index (χ1) is 14.7. The van der Waals surface area contributed by atoms with Crippen LogP contribution < -0.4 is 5.32 Å². The van der Waals surface area contributed by atoms with Gasteiger partial charge in [-0.05, 0) is 36.2 Å². The number of anilines is 1. The van der Waals surface area contributed by atoms with Crippen molar-refractivity contribution in [1.29, 1.82) is 0 Å². The number of amides is 1. The number of furan rings is 1. The van der Waals surface area contributed by atoms with Gasteiger partial charge >= 0.3 is 0 Å². The molecule has 152 valence electrons. The highest BCUT2D eigenvalue weighted by molar-refractivity contribution is 7.21. The summed E-state index contributed by atoms with van der Waals surface area (Å²) in [7, 11) is 1.67. The molecule has 1 aromatic carbocycles. The number of nitrogens with one attached hydrogen (secondary N) is 1. The third kappa shape index (κ3) is 3.16. The number of fused-ring (bicyclic) bond motifs is 3. The van der Waals surface area contributed by atoms with Gasteiger partial charge in [-0.1, -0.05) is 30.3 Å². The minimum Gasteiger partial charge on any atom is -0.465 e. The lowest BCUT2D eigenvalue weighted by atomic mass is 10.1. The standard InChI is InChI=1S/C23H21N3O3S/c1-14-11-16(13-28-2)18-19-20(30-22(18)24-14)23(27)26(12-15-7-4-3-5-8-15)21(25-19)17-9-6-10-29-17/h3-11,21,25H,12-13H2,1-2H3/t21-/m1/s1. The maximum atomic E-state index is 13.6. The van der Waals surface area contributed by atoms with Gasteiger partial charge in [-0.25, -0.2) is 4.98 Å². The van der Waals surface area contributed by atoms with Crippen molar-refractivity contribution in [3.8, 4) is 0 Å². The van der Waals surface area contributed by atoms with Crippen LogP contribution in [0.25, 0.3) is 10.2 Å². The first-order valence-electron chi connectivity index (χ1n) is 9.72. The summed E-state index contributed by atoms with van der Waals surface area (Å²) in [6.45, 7) is 2.89. The zero-order valence-electron chi connectivity index (χ0n) is 16.7. The molecule has 3 aromatic heterocycles. The van der Waals surface area contributed by atoms with E-state index >= 15 is 0 Å². The molecule has 1 N–H and O–H groups in total.